The molecular formula is C15H23NO. The molecule has 2 unspecified atom stereocenters. The van der Waals surface area contributed by atoms with Gasteiger partial charge in [-0.1, -0.05) is 45.0 Å². The van der Waals surface area contributed by atoms with Gasteiger partial charge in [0.25, 0.3) is 0 Å². The van der Waals surface area contributed by atoms with E-state index in [-0.39, 0.29) is 11.5 Å². The molecule has 0 amide bonds. The molecule has 0 radical (unpaired) electrons. The monoisotopic (exact) mass is 233 g/mol. The van der Waals surface area contributed by atoms with Crippen LogP contribution in [-0.2, 0) is 5.41 Å². The van der Waals surface area contributed by atoms with Crippen molar-refractivity contribution in [3.8, 4) is 0 Å². The van der Waals surface area contributed by atoms with Gasteiger partial charge in [0, 0.05) is 12.5 Å². The van der Waals surface area contributed by atoms with Gasteiger partial charge in [-0.15, -0.1) is 0 Å². The Hall–Kier alpha value is -0.860. The fourth-order valence-corrected chi connectivity index (χ4v) is 2.46. The van der Waals surface area contributed by atoms with Gasteiger partial charge >= 0.3 is 0 Å². The summed E-state index contributed by atoms with van der Waals surface area (Å²) in [4.78, 5) is 0. The minimum atomic E-state index is -0.246. The van der Waals surface area contributed by atoms with Crippen molar-refractivity contribution in [3.63, 3.8) is 0 Å². The molecule has 0 aliphatic carbocycles. The van der Waals surface area contributed by atoms with Crippen LogP contribution < -0.4 is 5.32 Å². The van der Waals surface area contributed by atoms with Crippen LogP contribution in [-0.4, -0.2) is 24.3 Å². The maximum absolute atomic E-state index is 9.99. The second kappa shape index (κ2) is 4.79. The van der Waals surface area contributed by atoms with E-state index in [1.165, 1.54) is 11.1 Å². The number of aliphatic hydroxyl groups excluding tert-OH is 1. The van der Waals surface area contributed by atoms with Crippen LogP contribution >= 0.6 is 0 Å². The highest BCUT2D eigenvalue weighted by molar-refractivity contribution is 5.30. The van der Waals surface area contributed by atoms with Gasteiger partial charge < -0.3 is 10.4 Å². The number of hydrogen-bond donors (Lipinski definition) is 2. The quantitative estimate of drug-likeness (QED) is 0.781. The molecule has 0 saturated carbocycles. The van der Waals surface area contributed by atoms with E-state index in [0.717, 1.165) is 13.0 Å². The van der Waals surface area contributed by atoms with Gasteiger partial charge in [0.05, 0.1) is 6.10 Å². The highest BCUT2D eigenvalue weighted by Crippen LogP contribution is 2.28. The first-order valence-corrected chi connectivity index (χ1v) is 6.48. The number of hydrogen-bond acceptors (Lipinski definition) is 2. The van der Waals surface area contributed by atoms with E-state index in [9.17, 15) is 5.11 Å². The molecule has 0 spiro atoms. The molecule has 17 heavy (non-hydrogen) atoms. The molecule has 1 heterocycles. The molecule has 1 aromatic rings. The zero-order valence-electron chi connectivity index (χ0n) is 11.0. The van der Waals surface area contributed by atoms with E-state index in [0.29, 0.717) is 12.5 Å². The molecular weight excluding hydrogens is 210 g/mol. The fourth-order valence-electron chi connectivity index (χ4n) is 2.46. The Bertz CT molecular complexity index is 364. The van der Waals surface area contributed by atoms with Crippen LogP contribution in [0.5, 0.6) is 0 Å². The predicted octanol–water partition coefficient (Wildman–Crippen LogP) is 2.42. The zero-order valence-corrected chi connectivity index (χ0v) is 11.0. The number of piperidine rings is 1. The molecule has 0 aromatic heterocycles. The average molecular weight is 233 g/mol. The third kappa shape index (κ3) is 2.88. The summed E-state index contributed by atoms with van der Waals surface area (Å²) in [6.45, 7) is 8.39. The molecule has 1 saturated heterocycles. The minimum absolute atomic E-state index is 0.200. The fraction of sp³-hybridized carbons (Fsp3) is 0.600. The van der Waals surface area contributed by atoms with Gasteiger partial charge in [-0.2, -0.15) is 0 Å². The van der Waals surface area contributed by atoms with Crippen molar-refractivity contribution in [1.29, 1.82) is 0 Å². The number of aliphatic hydroxyl groups is 1. The van der Waals surface area contributed by atoms with Crippen molar-refractivity contribution in [2.75, 3.05) is 13.1 Å². The molecule has 2 atom stereocenters. The van der Waals surface area contributed by atoms with E-state index in [4.69, 9.17) is 0 Å². The van der Waals surface area contributed by atoms with Crippen LogP contribution in [0.15, 0.2) is 24.3 Å². The van der Waals surface area contributed by atoms with E-state index < -0.39 is 0 Å². The SMILES string of the molecule is CC(C)(C)c1ccc(C2CCNCC2O)cc1. The number of rotatable bonds is 1. The lowest BCUT2D eigenvalue weighted by atomic mass is 9.83. The summed E-state index contributed by atoms with van der Waals surface area (Å²) in [5.74, 6) is 0.297. The van der Waals surface area contributed by atoms with Gasteiger partial charge in [0.15, 0.2) is 0 Å². The first-order chi connectivity index (χ1) is 7.98. The molecule has 1 fully saturated rings. The molecule has 1 aliphatic rings. The molecule has 2 rings (SSSR count). The summed E-state index contributed by atoms with van der Waals surface area (Å²) in [5, 5.41) is 13.2. The highest BCUT2D eigenvalue weighted by Gasteiger charge is 2.24. The average Bonchev–Trinajstić information content (AvgIpc) is 2.29. The Balaban J connectivity index is 2.17. The normalized spacial score (nSPS) is 25.9. The lowest BCUT2D eigenvalue weighted by Gasteiger charge is -2.29. The van der Waals surface area contributed by atoms with Crippen molar-refractivity contribution >= 4 is 0 Å². The number of nitrogens with one attached hydrogen (secondary N) is 1. The largest absolute Gasteiger partial charge is 0.391 e. The summed E-state index contributed by atoms with van der Waals surface area (Å²) in [6.07, 6.45) is 0.778. The van der Waals surface area contributed by atoms with E-state index in [1.54, 1.807) is 0 Å². The van der Waals surface area contributed by atoms with Gasteiger partial charge in [-0.3, -0.25) is 0 Å². The van der Waals surface area contributed by atoms with Crippen molar-refractivity contribution in [2.24, 2.45) is 0 Å². The van der Waals surface area contributed by atoms with Crippen LogP contribution in [0.2, 0.25) is 0 Å². The smallest absolute Gasteiger partial charge is 0.0733 e. The first kappa shape index (κ1) is 12.6. The second-order valence-electron chi connectivity index (χ2n) is 6.04. The molecule has 1 aromatic carbocycles. The third-order valence-corrected chi connectivity index (χ3v) is 3.65. The molecule has 1 aliphatic heterocycles. The molecule has 2 nitrogen and oxygen atoms in total. The second-order valence-corrected chi connectivity index (χ2v) is 6.04. The molecule has 94 valence electrons. The summed E-state index contributed by atoms with van der Waals surface area (Å²) < 4.78 is 0. The van der Waals surface area contributed by atoms with E-state index in [1.807, 2.05) is 0 Å². The van der Waals surface area contributed by atoms with Crippen molar-refractivity contribution < 1.29 is 5.11 Å². The third-order valence-electron chi connectivity index (χ3n) is 3.65. The summed E-state index contributed by atoms with van der Waals surface area (Å²) in [5.41, 5.74) is 2.82. The maximum atomic E-state index is 9.99. The standard InChI is InChI=1S/C15H23NO/c1-15(2,3)12-6-4-11(5-7-12)13-8-9-16-10-14(13)17/h4-7,13-14,16-17H,8-10H2,1-3H3. The van der Waals surface area contributed by atoms with Gasteiger partial charge in [-0.25, -0.2) is 0 Å². The number of β-amino-alcohol motifs (C(OH)–C–C–N with tert-alkyl or cyclic N) is 1. The first-order valence-electron chi connectivity index (χ1n) is 6.48. The van der Waals surface area contributed by atoms with Gasteiger partial charge in [0.2, 0.25) is 0 Å². The Kier molecular flexibility index (Phi) is 3.55. The summed E-state index contributed by atoms with van der Waals surface area (Å²) in [6, 6.07) is 8.76. The van der Waals surface area contributed by atoms with Crippen molar-refractivity contribution in [2.45, 2.75) is 44.6 Å². The Morgan fingerprint density at radius 2 is 1.82 bits per heavy atom. The lowest BCUT2D eigenvalue weighted by Crippen LogP contribution is -2.39. The van der Waals surface area contributed by atoms with Gasteiger partial charge in [-0.05, 0) is 29.5 Å². The molecule has 2 N–H and O–H groups in total. The Morgan fingerprint density at radius 1 is 1.18 bits per heavy atom. The Labute approximate surface area is 104 Å². The Morgan fingerprint density at radius 3 is 2.35 bits per heavy atom. The van der Waals surface area contributed by atoms with Crippen LogP contribution in [0.1, 0.15) is 44.2 Å². The number of benzene rings is 1. The lowest BCUT2D eigenvalue weighted by molar-refractivity contribution is 0.118. The van der Waals surface area contributed by atoms with Crippen LogP contribution in [0.25, 0.3) is 0 Å². The van der Waals surface area contributed by atoms with E-state index >= 15 is 0 Å². The van der Waals surface area contributed by atoms with Gasteiger partial charge in [0.1, 0.15) is 0 Å². The van der Waals surface area contributed by atoms with E-state index in [2.05, 4.69) is 50.4 Å². The topological polar surface area (TPSA) is 32.3 Å². The summed E-state index contributed by atoms with van der Waals surface area (Å²) in [7, 11) is 0. The van der Waals surface area contributed by atoms with Crippen LogP contribution in [0, 0.1) is 0 Å². The minimum Gasteiger partial charge on any atom is -0.391 e. The summed E-state index contributed by atoms with van der Waals surface area (Å²) >= 11 is 0. The predicted molar refractivity (Wildman–Crippen MR) is 71.4 cm³/mol. The van der Waals surface area contributed by atoms with Crippen molar-refractivity contribution in [3.05, 3.63) is 35.4 Å². The molecule has 2 heteroatoms. The molecule has 0 bridgehead atoms. The highest BCUT2D eigenvalue weighted by atomic mass is 16.3. The zero-order chi connectivity index (χ0) is 12.5. The maximum Gasteiger partial charge on any atom is 0.0733 e. The van der Waals surface area contributed by atoms with Crippen molar-refractivity contribution in [1.82, 2.24) is 5.32 Å². The van der Waals surface area contributed by atoms with Crippen LogP contribution in [0.4, 0.5) is 0 Å². The van der Waals surface area contributed by atoms with Crippen LogP contribution in [0.3, 0.4) is 0 Å².